The van der Waals surface area contributed by atoms with Gasteiger partial charge < -0.3 is 10.6 Å². The fourth-order valence-corrected chi connectivity index (χ4v) is 2.95. The Balaban J connectivity index is 1.88. The summed E-state index contributed by atoms with van der Waals surface area (Å²) in [5, 5.41) is 5.77. The van der Waals surface area contributed by atoms with Crippen molar-refractivity contribution in [3.8, 4) is 0 Å². The molecule has 0 saturated carbocycles. The number of halogens is 1. The van der Waals surface area contributed by atoms with Gasteiger partial charge in [0.2, 0.25) is 5.91 Å². The standard InChI is InChI=1S/C16H14BrN3O2/c1-9-6-11(7-10-2-3-14(21)20-15(9)10)19-16(22)12-4-5-18-8-13(12)17/h4-8H,2-3H2,1H3,(H,19,22)(H,20,21). The van der Waals surface area contributed by atoms with E-state index in [-0.39, 0.29) is 11.8 Å². The Bertz CT molecular complexity index is 774. The molecule has 0 unspecified atom stereocenters. The second kappa shape index (κ2) is 5.88. The molecular formula is C16H14BrN3O2. The highest BCUT2D eigenvalue weighted by Crippen LogP contribution is 2.30. The van der Waals surface area contributed by atoms with Gasteiger partial charge in [0.15, 0.2) is 0 Å². The summed E-state index contributed by atoms with van der Waals surface area (Å²) in [6.45, 7) is 1.92. The van der Waals surface area contributed by atoms with Crippen molar-refractivity contribution in [1.29, 1.82) is 0 Å². The Kier molecular flexibility index (Phi) is 3.94. The van der Waals surface area contributed by atoms with Crippen LogP contribution in [0, 0.1) is 6.92 Å². The van der Waals surface area contributed by atoms with Crippen LogP contribution in [0.1, 0.15) is 27.9 Å². The van der Waals surface area contributed by atoms with E-state index in [1.54, 1.807) is 18.5 Å². The number of hydrogen-bond donors (Lipinski definition) is 2. The van der Waals surface area contributed by atoms with E-state index in [0.717, 1.165) is 22.5 Å². The first-order chi connectivity index (χ1) is 10.5. The molecule has 2 N–H and O–H groups in total. The number of aromatic nitrogens is 1. The van der Waals surface area contributed by atoms with E-state index >= 15 is 0 Å². The number of carbonyl (C=O) groups is 2. The van der Waals surface area contributed by atoms with E-state index in [1.165, 1.54) is 0 Å². The van der Waals surface area contributed by atoms with Crippen LogP contribution in [-0.2, 0) is 11.2 Å². The van der Waals surface area contributed by atoms with Crippen molar-refractivity contribution in [2.24, 2.45) is 0 Å². The van der Waals surface area contributed by atoms with Crippen LogP contribution in [0.2, 0.25) is 0 Å². The molecule has 2 heterocycles. The third-order valence-electron chi connectivity index (χ3n) is 3.58. The molecule has 2 aromatic rings. The molecule has 0 bridgehead atoms. The minimum absolute atomic E-state index is 0.0353. The summed E-state index contributed by atoms with van der Waals surface area (Å²) in [5.74, 6) is -0.165. The quantitative estimate of drug-likeness (QED) is 0.863. The highest BCUT2D eigenvalue weighted by Gasteiger charge is 2.18. The fourth-order valence-electron chi connectivity index (χ4n) is 2.52. The van der Waals surface area contributed by atoms with Crippen LogP contribution in [0.15, 0.2) is 35.1 Å². The Hall–Kier alpha value is -2.21. The number of fused-ring (bicyclic) bond motifs is 1. The summed E-state index contributed by atoms with van der Waals surface area (Å²) in [5.41, 5.74) is 4.09. The molecule has 0 fully saturated rings. The van der Waals surface area contributed by atoms with Crippen molar-refractivity contribution in [2.45, 2.75) is 19.8 Å². The number of hydrogen-bond acceptors (Lipinski definition) is 3. The molecule has 5 nitrogen and oxygen atoms in total. The molecule has 0 radical (unpaired) electrons. The van der Waals surface area contributed by atoms with Gasteiger partial charge in [-0.15, -0.1) is 0 Å². The first-order valence-corrected chi connectivity index (χ1v) is 7.68. The number of carbonyl (C=O) groups excluding carboxylic acids is 2. The summed E-state index contributed by atoms with van der Waals surface area (Å²) in [6, 6.07) is 5.43. The number of nitrogens with one attached hydrogen (secondary N) is 2. The number of benzene rings is 1. The van der Waals surface area contributed by atoms with E-state index < -0.39 is 0 Å². The maximum atomic E-state index is 12.3. The van der Waals surface area contributed by atoms with Gasteiger partial charge in [0.25, 0.3) is 5.91 Å². The molecule has 2 amide bonds. The van der Waals surface area contributed by atoms with Crippen LogP contribution >= 0.6 is 15.9 Å². The molecule has 1 aromatic carbocycles. The molecule has 6 heteroatoms. The Morgan fingerprint density at radius 2 is 2.18 bits per heavy atom. The van der Waals surface area contributed by atoms with Crippen molar-refractivity contribution in [2.75, 3.05) is 10.6 Å². The van der Waals surface area contributed by atoms with Gasteiger partial charge in [0.1, 0.15) is 0 Å². The zero-order chi connectivity index (χ0) is 15.7. The van der Waals surface area contributed by atoms with Crippen LogP contribution in [0.4, 0.5) is 11.4 Å². The van der Waals surface area contributed by atoms with Crippen molar-refractivity contribution in [1.82, 2.24) is 4.98 Å². The van der Waals surface area contributed by atoms with Gasteiger partial charge in [-0.3, -0.25) is 14.6 Å². The lowest BCUT2D eigenvalue weighted by atomic mass is 9.98. The molecule has 0 aliphatic carbocycles. The summed E-state index contributed by atoms with van der Waals surface area (Å²) < 4.78 is 0.648. The van der Waals surface area contributed by atoms with Gasteiger partial charge in [0.05, 0.1) is 5.56 Å². The number of aryl methyl sites for hydroxylation is 2. The van der Waals surface area contributed by atoms with Gasteiger partial charge in [-0.1, -0.05) is 0 Å². The number of rotatable bonds is 2. The van der Waals surface area contributed by atoms with Gasteiger partial charge >= 0.3 is 0 Å². The molecule has 3 rings (SSSR count). The Morgan fingerprint density at radius 1 is 1.36 bits per heavy atom. The monoisotopic (exact) mass is 359 g/mol. The lowest BCUT2D eigenvalue weighted by molar-refractivity contribution is -0.116. The van der Waals surface area contributed by atoms with E-state index in [9.17, 15) is 9.59 Å². The van der Waals surface area contributed by atoms with Crippen LogP contribution in [0.3, 0.4) is 0 Å². The van der Waals surface area contributed by atoms with Crippen molar-refractivity contribution in [3.63, 3.8) is 0 Å². The predicted octanol–water partition coefficient (Wildman–Crippen LogP) is 3.29. The molecule has 0 spiro atoms. The maximum Gasteiger partial charge on any atom is 0.256 e. The minimum atomic E-state index is -0.200. The number of anilines is 2. The van der Waals surface area contributed by atoms with Crippen LogP contribution in [0.25, 0.3) is 0 Å². The van der Waals surface area contributed by atoms with Crippen molar-refractivity contribution < 1.29 is 9.59 Å². The molecule has 1 aromatic heterocycles. The maximum absolute atomic E-state index is 12.3. The SMILES string of the molecule is Cc1cc(NC(=O)c2ccncc2Br)cc2c1NC(=O)CC2. The van der Waals surface area contributed by atoms with Crippen LogP contribution in [-0.4, -0.2) is 16.8 Å². The lowest BCUT2D eigenvalue weighted by Crippen LogP contribution is -2.20. The van der Waals surface area contributed by atoms with Gasteiger partial charge in [-0.05, 0) is 58.6 Å². The largest absolute Gasteiger partial charge is 0.326 e. The first-order valence-electron chi connectivity index (χ1n) is 6.89. The zero-order valence-electron chi connectivity index (χ0n) is 11.9. The summed E-state index contributed by atoms with van der Waals surface area (Å²) >= 11 is 3.32. The molecule has 1 aliphatic heterocycles. The molecule has 0 saturated heterocycles. The second-order valence-electron chi connectivity index (χ2n) is 5.19. The van der Waals surface area contributed by atoms with Gasteiger partial charge in [-0.2, -0.15) is 0 Å². The van der Waals surface area contributed by atoms with Crippen molar-refractivity contribution >= 4 is 39.1 Å². The summed E-state index contributed by atoms with van der Waals surface area (Å²) in [6.07, 6.45) is 4.32. The van der Waals surface area contributed by atoms with Gasteiger partial charge in [-0.25, -0.2) is 0 Å². The Labute approximate surface area is 136 Å². The lowest BCUT2D eigenvalue weighted by Gasteiger charge is -2.20. The summed E-state index contributed by atoms with van der Waals surface area (Å²) in [4.78, 5) is 27.7. The smallest absolute Gasteiger partial charge is 0.256 e. The van der Waals surface area contributed by atoms with E-state index in [2.05, 4.69) is 31.5 Å². The first kappa shape index (κ1) is 14.7. The zero-order valence-corrected chi connectivity index (χ0v) is 13.5. The number of nitrogens with zero attached hydrogens (tertiary/aromatic N) is 1. The topological polar surface area (TPSA) is 71.1 Å². The normalized spacial score (nSPS) is 13.3. The average molecular weight is 360 g/mol. The fraction of sp³-hybridized carbons (Fsp3) is 0.188. The molecule has 1 aliphatic rings. The predicted molar refractivity (Wildman–Crippen MR) is 88.0 cm³/mol. The third kappa shape index (κ3) is 2.87. The summed E-state index contributed by atoms with van der Waals surface area (Å²) in [7, 11) is 0. The van der Waals surface area contributed by atoms with Crippen LogP contribution in [0.5, 0.6) is 0 Å². The minimum Gasteiger partial charge on any atom is -0.326 e. The highest BCUT2D eigenvalue weighted by atomic mass is 79.9. The molecule has 0 atom stereocenters. The van der Waals surface area contributed by atoms with Gasteiger partial charge in [0, 0.05) is 34.7 Å². The van der Waals surface area contributed by atoms with Crippen LogP contribution < -0.4 is 10.6 Å². The number of amides is 2. The van der Waals surface area contributed by atoms with E-state index in [0.29, 0.717) is 22.9 Å². The van der Waals surface area contributed by atoms with E-state index in [1.807, 2.05) is 19.1 Å². The number of pyridine rings is 1. The molecule has 22 heavy (non-hydrogen) atoms. The molecular weight excluding hydrogens is 346 g/mol. The van der Waals surface area contributed by atoms with Crippen molar-refractivity contribution in [3.05, 3.63) is 51.8 Å². The third-order valence-corrected chi connectivity index (χ3v) is 4.21. The average Bonchev–Trinajstić information content (AvgIpc) is 2.48. The Morgan fingerprint density at radius 3 is 2.95 bits per heavy atom. The molecule has 112 valence electrons. The van der Waals surface area contributed by atoms with E-state index in [4.69, 9.17) is 0 Å². The highest BCUT2D eigenvalue weighted by molar-refractivity contribution is 9.10. The second-order valence-corrected chi connectivity index (χ2v) is 6.04.